The smallest absolute Gasteiger partial charge is 0.338 e. The number of aliphatic hydroxyl groups excluding tert-OH is 2. The van der Waals surface area contributed by atoms with Crippen molar-refractivity contribution >= 4 is 29.0 Å². The number of hydrogen-bond acceptors (Lipinski definition) is 8. The van der Waals surface area contributed by atoms with E-state index in [1.54, 1.807) is 6.08 Å². The van der Waals surface area contributed by atoms with Crippen LogP contribution in [-0.4, -0.2) is 57.9 Å². The van der Waals surface area contributed by atoms with E-state index >= 15 is 0 Å². The first-order valence-electron chi connectivity index (χ1n) is 10.3. The number of rotatable bonds is 3. The fourth-order valence-electron chi connectivity index (χ4n) is 4.36. The summed E-state index contributed by atoms with van der Waals surface area (Å²) in [6.45, 7) is 5.62. The molecule has 3 aliphatic carbocycles. The van der Waals surface area contributed by atoms with E-state index < -0.39 is 23.6 Å². The highest BCUT2D eigenvalue weighted by Crippen LogP contribution is 2.43. The fraction of sp³-hybridized carbons (Fsp3) is 0.435. The van der Waals surface area contributed by atoms with Gasteiger partial charge < -0.3 is 14.9 Å². The van der Waals surface area contributed by atoms with Crippen LogP contribution in [0.15, 0.2) is 56.5 Å². The summed E-state index contributed by atoms with van der Waals surface area (Å²) in [7, 11) is 0. The molecule has 0 aromatic carbocycles. The Kier molecular flexibility index (Phi) is 5.24. The van der Waals surface area contributed by atoms with Gasteiger partial charge in [-0.1, -0.05) is 12.2 Å². The third-order valence-electron chi connectivity index (χ3n) is 6.19. The molecule has 0 bridgehead atoms. The number of ketones is 2. The molecule has 0 aromatic heterocycles. The van der Waals surface area contributed by atoms with E-state index in [2.05, 4.69) is 9.98 Å². The average Bonchev–Trinajstić information content (AvgIpc) is 2.72. The molecule has 1 heterocycles. The molecule has 0 spiro atoms. The summed E-state index contributed by atoms with van der Waals surface area (Å²) in [5.74, 6) is -4.15. The Morgan fingerprint density at radius 2 is 1.90 bits per heavy atom. The van der Waals surface area contributed by atoms with Crippen LogP contribution in [-0.2, 0) is 19.1 Å². The van der Waals surface area contributed by atoms with E-state index in [4.69, 9.17) is 4.74 Å². The zero-order valence-corrected chi connectivity index (χ0v) is 17.6. The highest BCUT2D eigenvalue weighted by atomic mass is 16.5. The van der Waals surface area contributed by atoms with Crippen LogP contribution in [0.4, 0.5) is 0 Å². The number of fused-ring (bicyclic) bond motifs is 2. The molecule has 0 fully saturated rings. The van der Waals surface area contributed by atoms with Gasteiger partial charge in [0.2, 0.25) is 0 Å². The number of allylic oxidation sites excluding steroid dienone is 4. The molecule has 0 saturated heterocycles. The van der Waals surface area contributed by atoms with Crippen LogP contribution >= 0.6 is 0 Å². The second kappa shape index (κ2) is 7.76. The maximum absolute atomic E-state index is 13.0. The Bertz CT molecular complexity index is 1070. The first kappa shape index (κ1) is 21.0. The van der Waals surface area contributed by atoms with E-state index in [0.717, 1.165) is 11.4 Å². The predicted molar refractivity (Wildman–Crippen MR) is 113 cm³/mol. The number of nitrogens with zero attached hydrogens (tertiary/aromatic N) is 2. The van der Waals surface area contributed by atoms with Crippen molar-refractivity contribution in [2.24, 2.45) is 21.8 Å². The summed E-state index contributed by atoms with van der Waals surface area (Å²) < 4.78 is 5.40. The average molecular weight is 424 g/mol. The number of carbonyl (C=O) groups is 3. The molecule has 4 aliphatic rings. The van der Waals surface area contributed by atoms with Crippen molar-refractivity contribution in [2.45, 2.75) is 45.7 Å². The first-order chi connectivity index (χ1) is 14.7. The van der Waals surface area contributed by atoms with E-state index in [-0.39, 0.29) is 59.1 Å². The molecule has 2 N–H and O–H groups in total. The molecule has 31 heavy (non-hydrogen) atoms. The van der Waals surface area contributed by atoms with Crippen LogP contribution in [0.25, 0.3) is 0 Å². The summed E-state index contributed by atoms with van der Waals surface area (Å²) in [6, 6.07) is -0.451. The van der Waals surface area contributed by atoms with Crippen LogP contribution in [0.2, 0.25) is 0 Å². The molecule has 1 aliphatic heterocycles. The highest BCUT2D eigenvalue weighted by Gasteiger charge is 2.46. The van der Waals surface area contributed by atoms with E-state index in [1.165, 1.54) is 12.2 Å². The summed E-state index contributed by atoms with van der Waals surface area (Å²) in [6.07, 6.45) is 4.81. The molecule has 162 valence electrons. The number of carbonyl (C=O) groups excluding carboxylic acids is 3. The van der Waals surface area contributed by atoms with Gasteiger partial charge in [0, 0.05) is 12.0 Å². The molecule has 0 radical (unpaired) electrons. The maximum Gasteiger partial charge on any atom is 0.338 e. The molecular weight excluding hydrogens is 400 g/mol. The molecule has 0 aromatic rings. The number of ether oxygens (including phenoxy) is 1. The van der Waals surface area contributed by atoms with E-state index in [1.807, 2.05) is 20.8 Å². The van der Waals surface area contributed by atoms with Gasteiger partial charge >= 0.3 is 5.97 Å². The van der Waals surface area contributed by atoms with Gasteiger partial charge in [0.1, 0.15) is 24.2 Å². The first-order valence-corrected chi connectivity index (χ1v) is 10.3. The lowest BCUT2D eigenvalue weighted by atomic mass is 9.69. The van der Waals surface area contributed by atoms with Gasteiger partial charge in [-0.25, -0.2) is 4.79 Å². The van der Waals surface area contributed by atoms with Crippen molar-refractivity contribution in [3.63, 3.8) is 0 Å². The van der Waals surface area contributed by atoms with Crippen LogP contribution < -0.4 is 0 Å². The van der Waals surface area contributed by atoms with Gasteiger partial charge in [-0.15, -0.1) is 0 Å². The van der Waals surface area contributed by atoms with Gasteiger partial charge in [0.05, 0.1) is 40.4 Å². The topological polar surface area (TPSA) is 126 Å². The molecule has 0 saturated carbocycles. The lowest BCUT2D eigenvalue weighted by molar-refractivity contribution is -0.139. The number of esters is 1. The standard InChI is InChI=1S/C23H24N2O6/c1-10-11(2)25-16(12(3)24-10)9-31-23(30)13-7-15-20(18(27)8-13)22(29)19-14(21(15)28)5-4-6-17(19)26/h5,7-8,12,15-16,20,27,29H,4,6,9H2,1-3H3. The van der Waals surface area contributed by atoms with Gasteiger partial charge in [-0.2, -0.15) is 0 Å². The number of aliphatic hydroxyl groups is 2. The SMILES string of the molecule is CC1=NC(C)C(COC(=O)C2=CC3C(=O)C4=CCCC(=O)C4=C(O)C3C(O)=C2)N=C1C. The Labute approximate surface area is 179 Å². The van der Waals surface area contributed by atoms with Crippen LogP contribution in [0.3, 0.4) is 0 Å². The molecule has 0 amide bonds. The molecule has 4 unspecified atom stereocenters. The lowest BCUT2D eigenvalue weighted by Crippen LogP contribution is -2.38. The van der Waals surface area contributed by atoms with Crippen molar-refractivity contribution in [3.8, 4) is 0 Å². The summed E-state index contributed by atoms with van der Waals surface area (Å²) in [5, 5.41) is 21.1. The van der Waals surface area contributed by atoms with Gasteiger partial charge in [-0.3, -0.25) is 19.6 Å². The minimum absolute atomic E-state index is 0.0110. The number of aliphatic imine (C=N–C) groups is 2. The number of hydrogen-bond donors (Lipinski definition) is 2. The summed E-state index contributed by atoms with van der Waals surface area (Å²) in [5.41, 5.74) is 1.80. The van der Waals surface area contributed by atoms with Crippen LogP contribution in [0, 0.1) is 11.8 Å². The minimum Gasteiger partial charge on any atom is -0.511 e. The molecular formula is C23H24N2O6. The zero-order chi connectivity index (χ0) is 22.4. The summed E-state index contributed by atoms with van der Waals surface area (Å²) >= 11 is 0. The quantitative estimate of drug-likeness (QED) is 0.671. The largest absolute Gasteiger partial charge is 0.511 e. The Balaban J connectivity index is 1.55. The zero-order valence-electron chi connectivity index (χ0n) is 17.6. The van der Waals surface area contributed by atoms with E-state index in [9.17, 15) is 24.6 Å². The van der Waals surface area contributed by atoms with Crippen LogP contribution in [0.1, 0.15) is 33.6 Å². The molecule has 4 rings (SSSR count). The maximum atomic E-state index is 13.0. The Morgan fingerprint density at radius 3 is 2.65 bits per heavy atom. The lowest BCUT2D eigenvalue weighted by Gasteiger charge is -2.34. The van der Waals surface area contributed by atoms with Gasteiger partial charge in [-0.05, 0) is 33.3 Å². The third kappa shape index (κ3) is 3.56. The van der Waals surface area contributed by atoms with Gasteiger partial charge in [0.15, 0.2) is 11.6 Å². The Morgan fingerprint density at radius 1 is 1.19 bits per heavy atom. The Hall–Kier alpha value is -3.29. The highest BCUT2D eigenvalue weighted by molar-refractivity contribution is 6.41. The van der Waals surface area contributed by atoms with Crippen molar-refractivity contribution in [2.75, 3.05) is 6.61 Å². The predicted octanol–water partition coefficient (Wildman–Crippen LogP) is 2.52. The van der Waals surface area contributed by atoms with Crippen molar-refractivity contribution in [3.05, 3.63) is 46.5 Å². The van der Waals surface area contributed by atoms with Crippen molar-refractivity contribution in [1.82, 2.24) is 0 Å². The van der Waals surface area contributed by atoms with Crippen LogP contribution in [0.5, 0.6) is 0 Å². The second-order valence-corrected chi connectivity index (χ2v) is 8.23. The second-order valence-electron chi connectivity index (χ2n) is 8.23. The molecule has 4 atom stereocenters. The normalized spacial score (nSPS) is 30.4. The summed E-state index contributed by atoms with van der Waals surface area (Å²) in [4.78, 5) is 46.8. The third-order valence-corrected chi connectivity index (χ3v) is 6.19. The minimum atomic E-state index is -1.07. The van der Waals surface area contributed by atoms with Crippen molar-refractivity contribution in [1.29, 1.82) is 0 Å². The van der Waals surface area contributed by atoms with E-state index in [0.29, 0.717) is 6.42 Å². The van der Waals surface area contributed by atoms with Gasteiger partial charge in [0.25, 0.3) is 0 Å². The van der Waals surface area contributed by atoms with Crippen molar-refractivity contribution < 1.29 is 29.3 Å². The molecule has 8 heteroatoms. The fourth-order valence-corrected chi connectivity index (χ4v) is 4.36. The molecule has 8 nitrogen and oxygen atoms in total. The number of Topliss-reactive ketones (excluding diaryl/α,β-unsaturated/α-hetero) is 2. The monoisotopic (exact) mass is 424 g/mol.